The van der Waals surface area contributed by atoms with Gasteiger partial charge in [0, 0.05) is 31.4 Å². The molecule has 27 heavy (non-hydrogen) atoms. The van der Waals surface area contributed by atoms with E-state index in [-0.39, 0.29) is 13.0 Å². The van der Waals surface area contributed by atoms with Crippen LogP contribution in [0.3, 0.4) is 0 Å². The molecule has 0 saturated carbocycles. The molecule has 0 spiro atoms. The van der Waals surface area contributed by atoms with Gasteiger partial charge in [-0.1, -0.05) is 12.1 Å². The molecule has 2 N–H and O–H groups in total. The van der Waals surface area contributed by atoms with Crippen molar-refractivity contribution in [2.45, 2.75) is 31.4 Å². The minimum Gasteiger partial charge on any atom is -0.480 e. The molecule has 2 fully saturated rings. The van der Waals surface area contributed by atoms with Crippen LogP contribution >= 0.6 is 0 Å². The number of anilines is 2. The van der Waals surface area contributed by atoms with Crippen molar-refractivity contribution in [2.75, 3.05) is 29.4 Å². The number of carboxylic acid groups (broad SMARTS) is 1. The lowest BCUT2D eigenvalue weighted by molar-refractivity contribution is -0.138. The van der Waals surface area contributed by atoms with Gasteiger partial charge in [0.05, 0.1) is 6.10 Å². The summed E-state index contributed by atoms with van der Waals surface area (Å²) in [5.74, 6) is 0.0614. The van der Waals surface area contributed by atoms with E-state index in [2.05, 4.69) is 4.90 Å². The van der Waals surface area contributed by atoms with Crippen LogP contribution in [0.15, 0.2) is 28.7 Å². The van der Waals surface area contributed by atoms with Gasteiger partial charge in [0.2, 0.25) is 5.95 Å². The van der Waals surface area contributed by atoms with Gasteiger partial charge in [-0.15, -0.1) is 0 Å². The largest absolute Gasteiger partial charge is 0.480 e. The highest BCUT2D eigenvalue weighted by molar-refractivity contribution is 6.06. The first-order valence-electron chi connectivity index (χ1n) is 9.23. The smallest absolute Gasteiger partial charge is 0.326 e. The summed E-state index contributed by atoms with van der Waals surface area (Å²) in [6.45, 7) is 1.97. The third kappa shape index (κ3) is 2.59. The van der Waals surface area contributed by atoms with E-state index in [1.807, 2.05) is 24.3 Å². The van der Waals surface area contributed by atoms with Gasteiger partial charge in [0.1, 0.15) is 17.1 Å². The second-order valence-corrected chi connectivity index (χ2v) is 7.21. The molecule has 2 aliphatic rings. The molecule has 1 aromatic carbocycles. The zero-order valence-electron chi connectivity index (χ0n) is 14.7. The Bertz CT molecular complexity index is 1030. The van der Waals surface area contributed by atoms with Crippen LogP contribution < -0.4 is 9.80 Å². The van der Waals surface area contributed by atoms with Crippen molar-refractivity contribution in [3.63, 3.8) is 0 Å². The van der Waals surface area contributed by atoms with Crippen molar-refractivity contribution >= 4 is 39.8 Å². The van der Waals surface area contributed by atoms with Crippen LogP contribution in [-0.2, 0) is 4.79 Å². The van der Waals surface area contributed by atoms with E-state index in [4.69, 9.17) is 14.4 Å². The van der Waals surface area contributed by atoms with Gasteiger partial charge in [-0.3, -0.25) is 0 Å². The van der Waals surface area contributed by atoms with Gasteiger partial charge in [-0.2, -0.15) is 4.98 Å². The molecule has 0 aliphatic carbocycles. The fourth-order valence-electron chi connectivity index (χ4n) is 4.10. The van der Waals surface area contributed by atoms with Crippen LogP contribution in [0.4, 0.5) is 11.8 Å². The number of aromatic nitrogens is 2. The predicted octanol–water partition coefficient (Wildman–Crippen LogP) is 2.00. The number of hydrogen-bond donors (Lipinski definition) is 2. The lowest BCUT2D eigenvalue weighted by atomic mass is 10.2. The quantitative estimate of drug-likeness (QED) is 0.724. The van der Waals surface area contributed by atoms with Crippen LogP contribution in [0.25, 0.3) is 22.1 Å². The maximum absolute atomic E-state index is 11.7. The molecule has 0 unspecified atom stereocenters. The summed E-state index contributed by atoms with van der Waals surface area (Å²) in [5, 5.41) is 20.6. The molecule has 2 aromatic heterocycles. The van der Waals surface area contributed by atoms with Crippen LogP contribution in [0, 0.1) is 0 Å². The molecule has 5 rings (SSSR count). The van der Waals surface area contributed by atoms with Crippen molar-refractivity contribution in [1.29, 1.82) is 0 Å². The van der Waals surface area contributed by atoms with E-state index >= 15 is 0 Å². The molecule has 2 saturated heterocycles. The minimum atomic E-state index is -0.975. The third-order valence-electron chi connectivity index (χ3n) is 5.42. The van der Waals surface area contributed by atoms with Crippen molar-refractivity contribution in [3.05, 3.63) is 24.3 Å². The normalized spacial score (nSPS) is 23.0. The lowest BCUT2D eigenvalue weighted by Crippen LogP contribution is -2.37. The number of carboxylic acids is 1. The van der Waals surface area contributed by atoms with Gasteiger partial charge in [-0.25, -0.2) is 9.78 Å². The Hall–Kier alpha value is -2.87. The van der Waals surface area contributed by atoms with E-state index in [1.54, 1.807) is 4.90 Å². The molecule has 8 nitrogen and oxygen atoms in total. The maximum Gasteiger partial charge on any atom is 0.326 e. The highest BCUT2D eigenvalue weighted by Gasteiger charge is 2.39. The van der Waals surface area contributed by atoms with Crippen LogP contribution in [-0.4, -0.2) is 57.9 Å². The number of nitrogens with zero attached hydrogens (tertiary/aromatic N) is 4. The first kappa shape index (κ1) is 16.3. The Morgan fingerprint density at radius 3 is 2.74 bits per heavy atom. The molecular weight excluding hydrogens is 348 g/mol. The number of carbonyl (C=O) groups is 1. The molecule has 140 valence electrons. The first-order chi connectivity index (χ1) is 13.1. The summed E-state index contributed by atoms with van der Waals surface area (Å²) in [6, 6.07) is 6.79. The number of furan rings is 1. The number of aliphatic hydroxyl groups excluding tert-OH is 1. The van der Waals surface area contributed by atoms with Gasteiger partial charge in [-0.05, 0) is 25.0 Å². The molecule has 8 heteroatoms. The van der Waals surface area contributed by atoms with E-state index in [9.17, 15) is 15.0 Å². The maximum atomic E-state index is 11.7. The summed E-state index contributed by atoms with van der Waals surface area (Å²) in [5.41, 5.74) is 1.84. The molecule has 0 amide bonds. The van der Waals surface area contributed by atoms with Crippen LogP contribution in [0.1, 0.15) is 19.3 Å². The van der Waals surface area contributed by atoms with Crippen LogP contribution in [0.2, 0.25) is 0 Å². The predicted molar refractivity (Wildman–Crippen MR) is 100 cm³/mol. The van der Waals surface area contributed by atoms with E-state index in [0.29, 0.717) is 28.4 Å². The molecule has 3 aromatic rings. The molecule has 4 heterocycles. The fourth-order valence-corrected chi connectivity index (χ4v) is 4.10. The van der Waals surface area contributed by atoms with E-state index in [0.717, 1.165) is 31.3 Å². The number of aliphatic hydroxyl groups is 1. The second-order valence-electron chi connectivity index (χ2n) is 7.21. The Kier molecular flexibility index (Phi) is 3.68. The summed E-state index contributed by atoms with van der Waals surface area (Å²) >= 11 is 0. The van der Waals surface area contributed by atoms with E-state index in [1.165, 1.54) is 0 Å². The van der Waals surface area contributed by atoms with E-state index < -0.39 is 18.1 Å². The monoisotopic (exact) mass is 368 g/mol. The summed E-state index contributed by atoms with van der Waals surface area (Å²) in [6.07, 6.45) is 1.63. The van der Waals surface area contributed by atoms with Crippen LogP contribution in [0.5, 0.6) is 0 Å². The van der Waals surface area contributed by atoms with Crippen molar-refractivity contribution in [3.8, 4) is 0 Å². The topological polar surface area (TPSA) is 103 Å². The van der Waals surface area contributed by atoms with Crippen molar-refractivity contribution < 1.29 is 19.4 Å². The fraction of sp³-hybridized carbons (Fsp3) is 0.421. The Morgan fingerprint density at radius 1 is 1.19 bits per heavy atom. The summed E-state index contributed by atoms with van der Waals surface area (Å²) < 4.78 is 6.02. The summed E-state index contributed by atoms with van der Waals surface area (Å²) in [4.78, 5) is 24.9. The number of β-amino-alcohol motifs (C(OH)–C–C–N with tert-alkyl or cyclic N) is 1. The number of aliphatic carboxylic acids is 1. The molecule has 0 bridgehead atoms. The highest BCUT2D eigenvalue weighted by Crippen LogP contribution is 2.37. The lowest BCUT2D eigenvalue weighted by Gasteiger charge is -2.24. The van der Waals surface area contributed by atoms with Crippen molar-refractivity contribution in [2.24, 2.45) is 0 Å². The Labute approximate surface area is 155 Å². The Balaban J connectivity index is 1.75. The zero-order valence-corrected chi connectivity index (χ0v) is 14.7. The summed E-state index contributed by atoms with van der Waals surface area (Å²) in [7, 11) is 0. The molecule has 0 radical (unpaired) electrons. The second kappa shape index (κ2) is 6.09. The van der Waals surface area contributed by atoms with Crippen molar-refractivity contribution in [1.82, 2.24) is 9.97 Å². The molecular formula is C19H20N4O4. The zero-order chi connectivity index (χ0) is 18.5. The van der Waals surface area contributed by atoms with Gasteiger partial charge in [0.25, 0.3) is 0 Å². The molecule has 2 aliphatic heterocycles. The number of hydrogen-bond acceptors (Lipinski definition) is 7. The number of benzene rings is 1. The Morgan fingerprint density at radius 2 is 1.96 bits per heavy atom. The minimum absolute atomic E-state index is 0.167. The standard InChI is InChI=1S/C19H20N4O4/c24-11-9-13(18(25)26)23(10-11)17-16-15(12-5-1-2-6-14(12)27-16)20-19(21-17)22-7-3-4-8-22/h1-2,5-6,11,13,24H,3-4,7-10H2,(H,25,26)/t11-,13-/m0/s1. The highest BCUT2D eigenvalue weighted by atomic mass is 16.4. The average molecular weight is 368 g/mol. The van der Waals surface area contributed by atoms with Gasteiger partial charge >= 0.3 is 5.97 Å². The van der Waals surface area contributed by atoms with Gasteiger partial charge < -0.3 is 24.4 Å². The van der Waals surface area contributed by atoms with Gasteiger partial charge in [0.15, 0.2) is 11.4 Å². The SMILES string of the molecule is O=C(O)[C@@H]1C[C@H](O)CN1c1nc(N2CCCC2)nc2c1oc1ccccc12. The first-order valence-corrected chi connectivity index (χ1v) is 9.23. The third-order valence-corrected chi connectivity index (χ3v) is 5.42. The number of fused-ring (bicyclic) bond motifs is 3. The average Bonchev–Trinajstić information content (AvgIpc) is 3.38. The number of rotatable bonds is 3. The molecule has 2 atom stereocenters. The number of para-hydroxylation sites is 1.